The Hall–Kier alpha value is -1.44. The van der Waals surface area contributed by atoms with Gasteiger partial charge in [0.05, 0.1) is 13.1 Å². The van der Waals surface area contributed by atoms with Crippen LogP contribution in [0.2, 0.25) is 5.02 Å². The summed E-state index contributed by atoms with van der Waals surface area (Å²) in [6.45, 7) is 3.05. The number of fused-ring (bicyclic) bond motifs is 1. The molecule has 0 amide bonds. The number of rotatable bonds is 3. The maximum atomic E-state index is 11.6. The van der Waals surface area contributed by atoms with Crippen molar-refractivity contribution in [3.05, 3.63) is 44.9 Å². The van der Waals surface area contributed by atoms with Crippen LogP contribution in [0.4, 0.5) is 0 Å². The lowest BCUT2D eigenvalue weighted by molar-refractivity contribution is -0.145. The molecule has 1 aromatic heterocycles. The van der Waals surface area contributed by atoms with E-state index in [2.05, 4.69) is 26.1 Å². The van der Waals surface area contributed by atoms with Crippen LogP contribution in [0.25, 0.3) is 0 Å². The number of aromatic nitrogens is 3. The molecule has 0 bridgehead atoms. The zero-order chi connectivity index (χ0) is 15.9. The van der Waals surface area contributed by atoms with Gasteiger partial charge in [0, 0.05) is 16.0 Å². The lowest BCUT2D eigenvalue weighted by atomic mass is 10.1. The third-order valence-electron chi connectivity index (χ3n) is 3.82. The second-order valence-corrected chi connectivity index (χ2v) is 6.59. The summed E-state index contributed by atoms with van der Waals surface area (Å²) in [5.74, 6) is 0.660. The predicted octanol–water partition coefficient (Wildman–Crippen LogP) is 2.47. The fraction of sp³-hybridized carbons (Fsp3) is 0.357. The van der Waals surface area contributed by atoms with E-state index in [0.29, 0.717) is 24.7 Å². The van der Waals surface area contributed by atoms with Crippen molar-refractivity contribution < 1.29 is 9.90 Å². The summed E-state index contributed by atoms with van der Waals surface area (Å²) in [6.07, 6.45) is 0. The molecular weight excluding hydrogens is 372 g/mol. The molecule has 6 nitrogen and oxygen atoms in total. The molecule has 0 fully saturated rings. The molecule has 1 atom stereocenters. The molecule has 22 heavy (non-hydrogen) atoms. The molecule has 0 aliphatic carbocycles. The topological polar surface area (TPSA) is 71.2 Å². The Morgan fingerprint density at radius 1 is 1.50 bits per heavy atom. The van der Waals surface area contributed by atoms with Gasteiger partial charge in [-0.3, -0.25) is 9.69 Å². The largest absolute Gasteiger partial charge is 0.480 e. The van der Waals surface area contributed by atoms with Crippen LogP contribution in [0.1, 0.15) is 17.2 Å². The maximum absolute atomic E-state index is 11.6. The highest BCUT2D eigenvalue weighted by molar-refractivity contribution is 9.10. The molecule has 3 rings (SSSR count). The highest BCUT2D eigenvalue weighted by Gasteiger charge is 2.33. The summed E-state index contributed by atoms with van der Waals surface area (Å²) in [4.78, 5) is 13.5. The van der Waals surface area contributed by atoms with Gasteiger partial charge in [-0.2, -0.15) is 0 Å². The second kappa shape index (κ2) is 5.98. The molecule has 116 valence electrons. The monoisotopic (exact) mass is 384 g/mol. The quantitative estimate of drug-likeness (QED) is 0.879. The average molecular weight is 386 g/mol. The second-order valence-electron chi connectivity index (χ2n) is 5.27. The van der Waals surface area contributed by atoms with Crippen molar-refractivity contribution in [2.75, 3.05) is 0 Å². The molecule has 0 saturated carbocycles. The number of aryl methyl sites for hydroxylation is 1. The van der Waals surface area contributed by atoms with E-state index in [9.17, 15) is 9.90 Å². The van der Waals surface area contributed by atoms with Gasteiger partial charge in [-0.25, -0.2) is 0 Å². The first-order valence-electron chi connectivity index (χ1n) is 6.75. The summed E-state index contributed by atoms with van der Waals surface area (Å²) in [5.41, 5.74) is 0.881. The van der Waals surface area contributed by atoms with Gasteiger partial charge in [0.2, 0.25) is 0 Å². The van der Waals surface area contributed by atoms with E-state index in [1.54, 1.807) is 6.07 Å². The molecule has 1 N–H and O–H groups in total. The highest BCUT2D eigenvalue weighted by atomic mass is 79.9. The van der Waals surface area contributed by atoms with Gasteiger partial charge in [-0.05, 0) is 30.7 Å². The van der Waals surface area contributed by atoms with Crippen LogP contribution >= 0.6 is 27.5 Å². The molecule has 0 saturated heterocycles. The normalized spacial score (nSPS) is 18.2. The van der Waals surface area contributed by atoms with Crippen molar-refractivity contribution in [2.45, 2.75) is 32.6 Å². The van der Waals surface area contributed by atoms with E-state index >= 15 is 0 Å². The van der Waals surface area contributed by atoms with Crippen molar-refractivity contribution >= 4 is 33.5 Å². The molecule has 1 unspecified atom stereocenters. The van der Waals surface area contributed by atoms with Gasteiger partial charge >= 0.3 is 5.97 Å². The Kier molecular flexibility index (Phi) is 4.20. The standard InChI is InChI=1S/C14H14BrClN4O2/c1-8-17-18-13-7-19(12(14(21)22)6-20(8)13)5-9-4-10(15)2-3-11(9)16/h2-4,12H,5-7H2,1H3,(H,21,22). The Morgan fingerprint density at radius 2 is 2.27 bits per heavy atom. The lowest BCUT2D eigenvalue weighted by Gasteiger charge is -2.33. The summed E-state index contributed by atoms with van der Waals surface area (Å²) >= 11 is 9.63. The molecule has 1 aromatic carbocycles. The number of carbonyl (C=O) groups is 1. The zero-order valence-electron chi connectivity index (χ0n) is 11.8. The SMILES string of the molecule is Cc1nnc2n1CC(C(=O)O)N(Cc1cc(Br)ccc1Cl)C2. The van der Waals surface area contributed by atoms with E-state index in [-0.39, 0.29) is 0 Å². The Morgan fingerprint density at radius 3 is 3.00 bits per heavy atom. The third kappa shape index (κ3) is 2.88. The molecule has 8 heteroatoms. The number of hydrogen-bond donors (Lipinski definition) is 1. The van der Waals surface area contributed by atoms with Crippen LogP contribution in [0.5, 0.6) is 0 Å². The summed E-state index contributed by atoms with van der Waals surface area (Å²) < 4.78 is 2.77. The zero-order valence-corrected chi connectivity index (χ0v) is 14.2. The average Bonchev–Trinajstić information content (AvgIpc) is 2.83. The summed E-state index contributed by atoms with van der Waals surface area (Å²) in [7, 11) is 0. The Labute approximate surface area is 140 Å². The van der Waals surface area contributed by atoms with E-state index in [4.69, 9.17) is 11.6 Å². The first-order valence-corrected chi connectivity index (χ1v) is 7.92. The Balaban J connectivity index is 1.91. The van der Waals surface area contributed by atoms with Gasteiger partial charge in [-0.1, -0.05) is 27.5 Å². The molecule has 2 heterocycles. The van der Waals surface area contributed by atoms with Crippen molar-refractivity contribution in [2.24, 2.45) is 0 Å². The first kappa shape index (κ1) is 15.5. The van der Waals surface area contributed by atoms with Crippen LogP contribution < -0.4 is 0 Å². The summed E-state index contributed by atoms with van der Waals surface area (Å²) in [5, 5.41) is 18.3. The van der Waals surface area contributed by atoms with E-state index < -0.39 is 12.0 Å². The van der Waals surface area contributed by atoms with Gasteiger partial charge in [0.25, 0.3) is 0 Å². The lowest BCUT2D eigenvalue weighted by Crippen LogP contribution is -2.47. The Bertz CT molecular complexity index is 734. The van der Waals surface area contributed by atoms with Crippen LogP contribution in [-0.4, -0.2) is 36.8 Å². The molecule has 1 aliphatic heterocycles. The summed E-state index contributed by atoms with van der Waals surface area (Å²) in [6, 6.07) is 4.94. The van der Waals surface area contributed by atoms with Gasteiger partial charge in [-0.15, -0.1) is 10.2 Å². The number of halogens is 2. The number of benzene rings is 1. The number of hydrogen-bond acceptors (Lipinski definition) is 4. The van der Waals surface area contributed by atoms with Crippen LogP contribution in [0, 0.1) is 6.92 Å². The number of nitrogens with zero attached hydrogens (tertiary/aromatic N) is 4. The molecule has 0 spiro atoms. The maximum Gasteiger partial charge on any atom is 0.322 e. The number of aliphatic carboxylic acids is 1. The fourth-order valence-corrected chi connectivity index (χ4v) is 3.23. The van der Waals surface area contributed by atoms with Crippen molar-refractivity contribution in [1.29, 1.82) is 0 Å². The first-order chi connectivity index (χ1) is 10.5. The minimum atomic E-state index is -0.857. The number of carboxylic acid groups (broad SMARTS) is 1. The van der Waals surface area contributed by atoms with E-state index in [1.807, 2.05) is 28.5 Å². The van der Waals surface area contributed by atoms with Crippen molar-refractivity contribution in [3.63, 3.8) is 0 Å². The minimum absolute atomic E-state index is 0.342. The number of carboxylic acids is 1. The fourth-order valence-electron chi connectivity index (χ4n) is 2.64. The van der Waals surface area contributed by atoms with E-state index in [0.717, 1.165) is 21.7 Å². The van der Waals surface area contributed by atoms with Gasteiger partial charge < -0.3 is 9.67 Å². The highest BCUT2D eigenvalue weighted by Crippen LogP contribution is 2.26. The van der Waals surface area contributed by atoms with Gasteiger partial charge in [0.1, 0.15) is 17.7 Å². The third-order valence-corrected chi connectivity index (χ3v) is 4.68. The van der Waals surface area contributed by atoms with Crippen molar-refractivity contribution in [3.8, 4) is 0 Å². The molecule has 0 radical (unpaired) electrons. The van der Waals surface area contributed by atoms with Crippen molar-refractivity contribution in [1.82, 2.24) is 19.7 Å². The van der Waals surface area contributed by atoms with Crippen LogP contribution in [0.3, 0.4) is 0 Å². The molecular formula is C14H14BrClN4O2. The predicted molar refractivity (Wildman–Crippen MR) is 84.6 cm³/mol. The van der Waals surface area contributed by atoms with Crippen LogP contribution in [-0.2, 0) is 24.4 Å². The molecule has 2 aromatic rings. The van der Waals surface area contributed by atoms with Gasteiger partial charge in [0.15, 0.2) is 0 Å². The molecule has 1 aliphatic rings. The minimum Gasteiger partial charge on any atom is -0.480 e. The van der Waals surface area contributed by atoms with Crippen LogP contribution in [0.15, 0.2) is 22.7 Å². The smallest absolute Gasteiger partial charge is 0.322 e. The van der Waals surface area contributed by atoms with E-state index in [1.165, 1.54) is 0 Å².